The fourth-order valence-corrected chi connectivity index (χ4v) is 2.23. The number of fused-ring (bicyclic) bond motifs is 1. The van der Waals surface area contributed by atoms with Crippen molar-refractivity contribution in [1.29, 1.82) is 0 Å². The second-order valence-corrected chi connectivity index (χ2v) is 4.80. The third-order valence-corrected chi connectivity index (χ3v) is 3.27. The van der Waals surface area contributed by atoms with Crippen molar-refractivity contribution in [3.63, 3.8) is 0 Å². The maximum Gasteiger partial charge on any atom is 0.138 e. The van der Waals surface area contributed by atoms with Crippen LogP contribution in [0.25, 0.3) is 10.9 Å². The Kier molecular flexibility index (Phi) is 4.07. The molecule has 0 fully saturated rings. The third kappa shape index (κ3) is 3.17. The van der Waals surface area contributed by atoms with Crippen molar-refractivity contribution in [3.05, 3.63) is 66.1 Å². The topological polar surface area (TPSA) is 47.0 Å². The summed E-state index contributed by atoms with van der Waals surface area (Å²) < 4.78 is 5.81. The van der Waals surface area contributed by atoms with Gasteiger partial charge in [0, 0.05) is 23.7 Å². The molecule has 0 spiro atoms. The van der Waals surface area contributed by atoms with Gasteiger partial charge in [-0.25, -0.2) is 0 Å². The number of hydrogen-bond acceptors (Lipinski definition) is 4. The summed E-state index contributed by atoms with van der Waals surface area (Å²) in [5.41, 5.74) is 3.06. The molecule has 0 atom stereocenters. The minimum atomic E-state index is 0.488. The Morgan fingerprint density at radius 2 is 1.95 bits per heavy atom. The van der Waals surface area contributed by atoms with Crippen LogP contribution >= 0.6 is 0 Å². The number of nitrogens with one attached hydrogen (secondary N) is 1. The first-order valence-electron chi connectivity index (χ1n) is 6.92. The van der Waals surface area contributed by atoms with E-state index in [0.29, 0.717) is 6.61 Å². The van der Waals surface area contributed by atoms with Crippen molar-refractivity contribution in [2.75, 3.05) is 7.05 Å². The molecule has 1 aromatic carbocycles. The summed E-state index contributed by atoms with van der Waals surface area (Å²) >= 11 is 0. The minimum Gasteiger partial charge on any atom is -0.487 e. The molecule has 1 N–H and O–H groups in total. The van der Waals surface area contributed by atoms with Crippen LogP contribution < -0.4 is 10.1 Å². The molecule has 0 saturated carbocycles. The molecule has 3 rings (SSSR count). The molecule has 0 aliphatic heterocycles. The number of rotatable bonds is 5. The highest BCUT2D eigenvalue weighted by molar-refractivity contribution is 5.81. The molecule has 0 bridgehead atoms. The monoisotopic (exact) mass is 279 g/mol. The molecule has 2 heterocycles. The second-order valence-electron chi connectivity index (χ2n) is 4.80. The van der Waals surface area contributed by atoms with Crippen LogP contribution in [0.15, 0.2) is 54.9 Å². The first-order chi connectivity index (χ1) is 10.4. The van der Waals surface area contributed by atoms with Gasteiger partial charge in [0.2, 0.25) is 0 Å². The van der Waals surface area contributed by atoms with Crippen LogP contribution in [0.1, 0.15) is 11.3 Å². The molecule has 0 aliphatic carbocycles. The van der Waals surface area contributed by atoms with Gasteiger partial charge in [0.1, 0.15) is 12.4 Å². The maximum absolute atomic E-state index is 5.81. The smallest absolute Gasteiger partial charge is 0.138 e. The minimum absolute atomic E-state index is 0.488. The molecule has 3 aromatic rings. The van der Waals surface area contributed by atoms with E-state index in [1.807, 2.05) is 37.4 Å². The van der Waals surface area contributed by atoms with Gasteiger partial charge in [-0.3, -0.25) is 9.97 Å². The Morgan fingerprint density at radius 3 is 2.76 bits per heavy atom. The van der Waals surface area contributed by atoms with Crippen LogP contribution in [0.4, 0.5) is 0 Å². The fourth-order valence-electron chi connectivity index (χ4n) is 2.23. The van der Waals surface area contributed by atoms with Crippen LogP contribution in [-0.4, -0.2) is 17.0 Å². The summed E-state index contributed by atoms with van der Waals surface area (Å²) in [7, 11) is 1.90. The fraction of sp³-hybridized carbons (Fsp3) is 0.176. The predicted molar refractivity (Wildman–Crippen MR) is 83.1 cm³/mol. The zero-order chi connectivity index (χ0) is 14.5. The maximum atomic E-state index is 5.81. The van der Waals surface area contributed by atoms with Gasteiger partial charge in [-0.2, -0.15) is 0 Å². The summed E-state index contributed by atoms with van der Waals surface area (Å²) in [4.78, 5) is 8.77. The largest absolute Gasteiger partial charge is 0.487 e. The van der Waals surface area contributed by atoms with Crippen molar-refractivity contribution in [3.8, 4) is 5.75 Å². The van der Waals surface area contributed by atoms with E-state index in [0.717, 1.165) is 34.5 Å². The number of aromatic nitrogens is 2. The van der Waals surface area contributed by atoms with E-state index in [1.165, 1.54) is 0 Å². The number of para-hydroxylation sites is 1. The summed E-state index contributed by atoms with van der Waals surface area (Å²) in [5, 5.41) is 4.20. The van der Waals surface area contributed by atoms with Crippen molar-refractivity contribution in [2.45, 2.75) is 13.2 Å². The molecule has 2 aromatic heterocycles. The quantitative estimate of drug-likeness (QED) is 0.780. The lowest BCUT2D eigenvalue weighted by Crippen LogP contribution is -2.06. The van der Waals surface area contributed by atoms with E-state index in [1.54, 1.807) is 12.4 Å². The Balaban J connectivity index is 1.74. The average molecular weight is 279 g/mol. The van der Waals surface area contributed by atoms with Gasteiger partial charge < -0.3 is 10.1 Å². The number of nitrogens with zero attached hydrogens (tertiary/aromatic N) is 2. The zero-order valence-corrected chi connectivity index (χ0v) is 11.9. The predicted octanol–water partition coefficient (Wildman–Crippen LogP) is 2.93. The van der Waals surface area contributed by atoms with Gasteiger partial charge in [0.05, 0.1) is 17.4 Å². The number of ether oxygens (including phenoxy) is 1. The lowest BCUT2D eigenvalue weighted by Gasteiger charge is -2.08. The van der Waals surface area contributed by atoms with Gasteiger partial charge in [-0.1, -0.05) is 24.3 Å². The van der Waals surface area contributed by atoms with E-state index in [2.05, 4.69) is 27.4 Å². The molecule has 106 valence electrons. The lowest BCUT2D eigenvalue weighted by atomic mass is 10.1. The zero-order valence-electron chi connectivity index (χ0n) is 11.9. The first kappa shape index (κ1) is 13.5. The molecule has 0 aliphatic rings. The van der Waals surface area contributed by atoms with Crippen molar-refractivity contribution in [1.82, 2.24) is 15.3 Å². The Hall–Kier alpha value is -2.46. The molecule has 4 heteroatoms. The molecular formula is C17H17N3O. The van der Waals surface area contributed by atoms with E-state index in [4.69, 9.17) is 4.74 Å². The molecule has 0 radical (unpaired) electrons. The molecule has 0 amide bonds. The third-order valence-electron chi connectivity index (χ3n) is 3.27. The van der Waals surface area contributed by atoms with Gasteiger partial charge in [-0.05, 0) is 25.2 Å². The Morgan fingerprint density at radius 1 is 1.05 bits per heavy atom. The van der Waals surface area contributed by atoms with Gasteiger partial charge in [-0.15, -0.1) is 0 Å². The molecule has 0 unspecified atom stereocenters. The first-order valence-corrected chi connectivity index (χ1v) is 6.92. The highest BCUT2D eigenvalue weighted by Gasteiger charge is 2.03. The summed E-state index contributed by atoms with van der Waals surface area (Å²) in [6.45, 7) is 1.24. The summed E-state index contributed by atoms with van der Waals surface area (Å²) in [6, 6.07) is 14.0. The van der Waals surface area contributed by atoms with E-state index >= 15 is 0 Å². The summed E-state index contributed by atoms with van der Waals surface area (Å²) in [5.74, 6) is 0.766. The second kappa shape index (κ2) is 6.33. The highest BCUT2D eigenvalue weighted by Crippen LogP contribution is 2.18. The van der Waals surface area contributed by atoms with Gasteiger partial charge in [0.25, 0.3) is 0 Å². The Bertz CT molecular complexity index is 720. The standard InChI is InChI=1S/C17H17N3O/c1-18-10-15-7-8-16(11-20-15)21-12-14-5-2-4-13-6-3-9-19-17(13)14/h2-9,11,18H,10,12H2,1H3. The van der Waals surface area contributed by atoms with Crippen LogP contribution in [0.3, 0.4) is 0 Å². The number of pyridine rings is 2. The Labute approximate surface area is 123 Å². The van der Waals surface area contributed by atoms with Gasteiger partial charge >= 0.3 is 0 Å². The molecule has 0 saturated heterocycles. The van der Waals surface area contributed by atoms with Crippen molar-refractivity contribution >= 4 is 10.9 Å². The van der Waals surface area contributed by atoms with Crippen molar-refractivity contribution < 1.29 is 4.74 Å². The number of hydrogen-bond donors (Lipinski definition) is 1. The van der Waals surface area contributed by atoms with Crippen molar-refractivity contribution in [2.24, 2.45) is 0 Å². The SMILES string of the molecule is CNCc1ccc(OCc2cccc3cccnc23)cn1. The molecule has 4 nitrogen and oxygen atoms in total. The van der Waals surface area contributed by atoms with Crippen LogP contribution in [0, 0.1) is 0 Å². The van der Waals surface area contributed by atoms with Crippen LogP contribution in [-0.2, 0) is 13.2 Å². The molecule has 21 heavy (non-hydrogen) atoms. The summed E-state index contributed by atoms with van der Waals surface area (Å²) in [6.07, 6.45) is 3.56. The molecular weight excluding hydrogens is 262 g/mol. The van der Waals surface area contributed by atoms with E-state index in [-0.39, 0.29) is 0 Å². The van der Waals surface area contributed by atoms with E-state index in [9.17, 15) is 0 Å². The normalized spacial score (nSPS) is 10.7. The van der Waals surface area contributed by atoms with Crippen LogP contribution in [0.5, 0.6) is 5.75 Å². The van der Waals surface area contributed by atoms with Crippen LogP contribution in [0.2, 0.25) is 0 Å². The lowest BCUT2D eigenvalue weighted by molar-refractivity contribution is 0.306. The average Bonchev–Trinajstić information content (AvgIpc) is 2.54. The highest BCUT2D eigenvalue weighted by atomic mass is 16.5. The van der Waals surface area contributed by atoms with Gasteiger partial charge in [0.15, 0.2) is 0 Å². The number of benzene rings is 1. The van der Waals surface area contributed by atoms with E-state index < -0.39 is 0 Å².